The van der Waals surface area contributed by atoms with E-state index in [1.807, 2.05) is 47.0 Å². The highest BCUT2D eigenvalue weighted by atomic mass is 32.2. The topological polar surface area (TPSA) is 88.8 Å². The molecule has 3 aromatic rings. The summed E-state index contributed by atoms with van der Waals surface area (Å²) in [4.78, 5) is 0. The summed E-state index contributed by atoms with van der Waals surface area (Å²) in [5.41, 5.74) is 8.18. The first-order valence-corrected chi connectivity index (χ1v) is 7.26. The molecule has 1 aromatic carbocycles. The van der Waals surface area contributed by atoms with Crippen molar-refractivity contribution in [2.45, 2.75) is 10.9 Å². The van der Waals surface area contributed by atoms with Crippen LogP contribution in [0.25, 0.3) is 5.65 Å². The smallest absolute Gasteiger partial charge is 0.195 e. The number of rotatable bonds is 4. The van der Waals surface area contributed by atoms with Gasteiger partial charge in [-0.2, -0.15) is 0 Å². The number of amidine groups is 1. The summed E-state index contributed by atoms with van der Waals surface area (Å²) in [5, 5.41) is 20.8. The number of benzene rings is 1. The Morgan fingerprint density at radius 1 is 1.24 bits per heavy atom. The zero-order chi connectivity index (χ0) is 14.7. The molecular formula is C14H13N5OS. The van der Waals surface area contributed by atoms with E-state index < -0.39 is 0 Å². The van der Waals surface area contributed by atoms with Gasteiger partial charge in [-0.1, -0.05) is 41.2 Å². The third-order valence-corrected chi connectivity index (χ3v) is 4.00. The maximum absolute atomic E-state index is 8.71. The third kappa shape index (κ3) is 2.82. The summed E-state index contributed by atoms with van der Waals surface area (Å²) in [6.07, 6.45) is 1.94. The standard InChI is InChI=1S/C14H13N5OS/c15-13(18-20)11-5-3-4-10(8-11)9-21-14-17-16-12-6-1-2-7-19(12)14/h1-8,20H,9H2,(H2,15,18). The molecule has 3 rings (SSSR count). The fraction of sp³-hybridized carbons (Fsp3) is 0.0714. The van der Waals surface area contributed by atoms with Crippen LogP contribution < -0.4 is 5.73 Å². The Morgan fingerprint density at radius 3 is 3.00 bits per heavy atom. The Morgan fingerprint density at radius 2 is 2.14 bits per heavy atom. The van der Waals surface area contributed by atoms with Crippen molar-refractivity contribution in [3.8, 4) is 0 Å². The molecule has 6 nitrogen and oxygen atoms in total. The molecule has 0 fully saturated rings. The lowest BCUT2D eigenvalue weighted by molar-refractivity contribution is 0.318. The van der Waals surface area contributed by atoms with Crippen LogP contribution in [0.2, 0.25) is 0 Å². The minimum absolute atomic E-state index is 0.106. The Kier molecular flexibility index (Phi) is 3.74. The van der Waals surface area contributed by atoms with Crippen molar-refractivity contribution in [1.82, 2.24) is 14.6 Å². The van der Waals surface area contributed by atoms with Crippen molar-refractivity contribution in [1.29, 1.82) is 0 Å². The van der Waals surface area contributed by atoms with Gasteiger partial charge in [0.15, 0.2) is 16.6 Å². The minimum Gasteiger partial charge on any atom is -0.409 e. The van der Waals surface area contributed by atoms with Crippen LogP contribution >= 0.6 is 11.8 Å². The summed E-state index contributed by atoms with van der Waals surface area (Å²) in [7, 11) is 0. The van der Waals surface area contributed by atoms with E-state index in [0.717, 1.165) is 22.1 Å². The molecule has 3 N–H and O–H groups in total. The van der Waals surface area contributed by atoms with Gasteiger partial charge in [0.25, 0.3) is 0 Å². The van der Waals surface area contributed by atoms with Crippen LogP contribution in [0.5, 0.6) is 0 Å². The van der Waals surface area contributed by atoms with Gasteiger partial charge in [-0.25, -0.2) is 0 Å². The van der Waals surface area contributed by atoms with E-state index in [2.05, 4.69) is 15.4 Å². The predicted molar refractivity (Wildman–Crippen MR) is 81.5 cm³/mol. The second-order valence-electron chi connectivity index (χ2n) is 4.39. The van der Waals surface area contributed by atoms with Gasteiger partial charge in [0.1, 0.15) is 0 Å². The van der Waals surface area contributed by atoms with Crippen LogP contribution in [0.4, 0.5) is 0 Å². The Hall–Kier alpha value is -2.54. The minimum atomic E-state index is 0.106. The van der Waals surface area contributed by atoms with Crippen LogP contribution in [0.3, 0.4) is 0 Å². The maximum atomic E-state index is 8.71. The van der Waals surface area contributed by atoms with Crippen LogP contribution in [0.1, 0.15) is 11.1 Å². The summed E-state index contributed by atoms with van der Waals surface area (Å²) in [5.74, 6) is 0.831. The highest BCUT2D eigenvalue weighted by Crippen LogP contribution is 2.22. The van der Waals surface area contributed by atoms with Crippen molar-refractivity contribution < 1.29 is 5.21 Å². The third-order valence-electron chi connectivity index (χ3n) is 2.98. The summed E-state index contributed by atoms with van der Waals surface area (Å²) < 4.78 is 1.94. The molecule has 0 bridgehead atoms. The molecule has 0 aliphatic carbocycles. The molecule has 0 spiro atoms. The number of fused-ring (bicyclic) bond motifs is 1. The van der Waals surface area contributed by atoms with Gasteiger partial charge in [0.2, 0.25) is 0 Å². The van der Waals surface area contributed by atoms with E-state index in [4.69, 9.17) is 10.9 Å². The largest absolute Gasteiger partial charge is 0.409 e. The van der Waals surface area contributed by atoms with Crippen molar-refractivity contribution >= 4 is 23.2 Å². The highest BCUT2D eigenvalue weighted by molar-refractivity contribution is 7.98. The Balaban J connectivity index is 1.79. The second-order valence-corrected chi connectivity index (χ2v) is 5.33. The molecule has 0 atom stereocenters. The summed E-state index contributed by atoms with van der Waals surface area (Å²) in [6, 6.07) is 13.4. The molecule has 0 unspecified atom stereocenters. The molecule has 0 aliphatic heterocycles. The lowest BCUT2D eigenvalue weighted by Crippen LogP contribution is -2.13. The molecule has 0 saturated heterocycles. The Bertz CT molecular complexity index is 799. The molecule has 21 heavy (non-hydrogen) atoms. The number of nitrogens with two attached hydrogens (primary N) is 1. The van der Waals surface area contributed by atoms with Crippen LogP contribution in [-0.4, -0.2) is 25.6 Å². The van der Waals surface area contributed by atoms with Gasteiger partial charge in [-0.3, -0.25) is 4.40 Å². The van der Waals surface area contributed by atoms with Gasteiger partial charge in [-0.05, 0) is 23.8 Å². The predicted octanol–water partition coefficient (Wildman–Crippen LogP) is 2.12. The molecule has 2 heterocycles. The molecule has 0 radical (unpaired) electrons. The zero-order valence-corrected chi connectivity index (χ0v) is 11.9. The molecule has 2 aromatic heterocycles. The van der Waals surface area contributed by atoms with E-state index in [1.165, 1.54) is 0 Å². The number of aromatic nitrogens is 3. The number of thioether (sulfide) groups is 1. The van der Waals surface area contributed by atoms with Gasteiger partial charge in [-0.15, -0.1) is 10.2 Å². The van der Waals surface area contributed by atoms with Crippen molar-refractivity contribution in [2.75, 3.05) is 0 Å². The van der Waals surface area contributed by atoms with Gasteiger partial charge >= 0.3 is 0 Å². The van der Waals surface area contributed by atoms with E-state index in [9.17, 15) is 0 Å². The van der Waals surface area contributed by atoms with Crippen molar-refractivity contribution in [3.05, 3.63) is 59.8 Å². The molecule has 0 amide bonds. The first kappa shape index (κ1) is 13.4. The fourth-order valence-corrected chi connectivity index (χ4v) is 2.81. The SMILES string of the molecule is NC(=NO)c1cccc(CSc2nnc3ccccn23)c1. The van der Waals surface area contributed by atoms with Crippen LogP contribution in [0, 0.1) is 0 Å². The Labute approximate surface area is 125 Å². The molecular weight excluding hydrogens is 286 g/mol. The maximum Gasteiger partial charge on any atom is 0.195 e. The molecule has 0 saturated carbocycles. The number of hydrogen-bond donors (Lipinski definition) is 2. The van der Waals surface area contributed by atoms with E-state index in [1.54, 1.807) is 17.8 Å². The first-order chi connectivity index (χ1) is 10.3. The molecule has 7 heteroatoms. The number of nitrogens with zero attached hydrogens (tertiary/aromatic N) is 4. The first-order valence-electron chi connectivity index (χ1n) is 6.27. The quantitative estimate of drug-likeness (QED) is 0.253. The number of oxime groups is 1. The number of pyridine rings is 1. The van der Waals surface area contributed by atoms with Crippen molar-refractivity contribution in [2.24, 2.45) is 10.9 Å². The van der Waals surface area contributed by atoms with E-state index in [0.29, 0.717) is 5.56 Å². The second kappa shape index (κ2) is 5.84. The lowest BCUT2D eigenvalue weighted by atomic mass is 10.1. The molecule has 0 aliphatic rings. The van der Waals surface area contributed by atoms with Gasteiger partial charge < -0.3 is 10.9 Å². The normalized spacial score (nSPS) is 11.9. The average Bonchev–Trinajstić information content (AvgIpc) is 2.95. The average molecular weight is 299 g/mol. The lowest BCUT2D eigenvalue weighted by Gasteiger charge is -2.03. The van der Waals surface area contributed by atoms with E-state index >= 15 is 0 Å². The van der Waals surface area contributed by atoms with Crippen molar-refractivity contribution in [3.63, 3.8) is 0 Å². The highest BCUT2D eigenvalue weighted by Gasteiger charge is 2.06. The van der Waals surface area contributed by atoms with Crippen LogP contribution in [0.15, 0.2) is 59.0 Å². The fourth-order valence-electron chi connectivity index (χ4n) is 1.94. The van der Waals surface area contributed by atoms with Gasteiger partial charge in [0.05, 0.1) is 0 Å². The van der Waals surface area contributed by atoms with Crippen LogP contribution in [-0.2, 0) is 5.75 Å². The monoisotopic (exact) mass is 299 g/mol. The molecule has 106 valence electrons. The van der Waals surface area contributed by atoms with E-state index in [-0.39, 0.29) is 5.84 Å². The number of hydrogen-bond acceptors (Lipinski definition) is 5. The summed E-state index contributed by atoms with van der Waals surface area (Å²) >= 11 is 1.58. The van der Waals surface area contributed by atoms with Gasteiger partial charge in [0, 0.05) is 17.5 Å². The zero-order valence-electron chi connectivity index (χ0n) is 11.0. The summed E-state index contributed by atoms with van der Waals surface area (Å²) in [6.45, 7) is 0.